The van der Waals surface area contributed by atoms with Crippen molar-refractivity contribution in [2.24, 2.45) is 5.10 Å². The molecule has 28 heavy (non-hydrogen) atoms. The number of hydrogen-bond acceptors (Lipinski definition) is 6. The van der Waals surface area contributed by atoms with E-state index in [0.717, 1.165) is 16.7 Å². The molecule has 0 radical (unpaired) electrons. The van der Waals surface area contributed by atoms with Gasteiger partial charge in [0.15, 0.2) is 6.61 Å². The van der Waals surface area contributed by atoms with Crippen molar-refractivity contribution in [1.29, 1.82) is 0 Å². The minimum Gasteiger partial charge on any atom is -0.496 e. The van der Waals surface area contributed by atoms with E-state index in [1.807, 2.05) is 32.0 Å². The number of hydrazone groups is 1. The van der Waals surface area contributed by atoms with E-state index in [-0.39, 0.29) is 25.1 Å². The third kappa shape index (κ3) is 6.75. The average molecular weight is 384 g/mol. The van der Waals surface area contributed by atoms with Gasteiger partial charge in [-0.15, -0.1) is 0 Å². The normalized spacial score (nSPS) is 10.6. The molecule has 2 aromatic rings. The molecule has 0 fully saturated rings. The first-order valence-electron chi connectivity index (χ1n) is 8.70. The number of amides is 1. The van der Waals surface area contributed by atoms with Gasteiger partial charge in [-0.3, -0.25) is 9.59 Å². The number of carbonyl (C=O) groups excluding carboxylic acids is 2. The van der Waals surface area contributed by atoms with E-state index in [1.165, 1.54) is 20.2 Å². The fourth-order valence-corrected chi connectivity index (χ4v) is 2.55. The maximum atomic E-state index is 11.9. The lowest BCUT2D eigenvalue weighted by molar-refractivity contribution is -0.142. The molecule has 7 heteroatoms. The summed E-state index contributed by atoms with van der Waals surface area (Å²) in [5.74, 6) is 0.493. The van der Waals surface area contributed by atoms with Gasteiger partial charge >= 0.3 is 5.97 Å². The van der Waals surface area contributed by atoms with Gasteiger partial charge in [0, 0.05) is 12.5 Å². The van der Waals surface area contributed by atoms with Crippen LogP contribution in [-0.2, 0) is 20.9 Å². The van der Waals surface area contributed by atoms with Gasteiger partial charge in [-0.25, -0.2) is 5.43 Å². The number of esters is 1. The van der Waals surface area contributed by atoms with Gasteiger partial charge in [0.1, 0.15) is 18.1 Å². The topological polar surface area (TPSA) is 86.2 Å². The summed E-state index contributed by atoms with van der Waals surface area (Å²) in [5.41, 5.74) is 5.97. The first-order chi connectivity index (χ1) is 13.4. The number of methoxy groups -OCH3 is 1. The van der Waals surface area contributed by atoms with Crippen LogP contribution in [0, 0.1) is 13.8 Å². The van der Waals surface area contributed by atoms with Crippen LogP contribution in [0.1, 0.15) is 29.2 Å². The highest BCUT2D eigenvalue weighted by atomic mass is 16.5. The van der Waals surface area contributed by atoms with Crippen molar-refractivity contribution >= 4 is 18.1 Å². The predicted molar refractivity (Wildman–Crippen MR) is 106 cm³/mol. The molecule has 2 rings (SSSR count). The van der Waals surface area contributed by atoms with Crippen LogP contribution in [0.5, 0.6) is 11.5 Å². The predicted octanol–water partition coefficient (Wildman–Crippen LogP) is 2.90. The van der Waals surface area contributed by atoms with E-state index in [1.54, 1.807) is 18.2 Å². The summed E-state index contributed by atoms with van der Waals surface area (Å²) in [6.07, 6.45) is 1.49. The number of ether oxygens (including phenoxy) is 3. The molecule has 0 atom stereocenters. The molecule has 2 aromatic carbocycles. The van der Waals surface area contributed by atoms with Crippen molar-refractivity contribution in [2.45, 2.75) is 27.4 Å². The molecular weight excluding hydrogens is 360 g/mol. The zero-order valence-corrected chi connectivity index (χ0v) is 16.4. The fraction of sp³-hybridized carbons (Fsp3) is 0.286. The van der Waals surface area contributed by atoms with Crippen molar-refractivity contribution in [3.63, 3.8) is 0 Å². The molecule has 0 bridgehead atoms. The van der Waals surface area contributed by atoms with E-state index in [2.05, 4.69) is 10.5 Å². The molecule has 0 aromatic heterocycles. The monoisotopic (exact) mass is 384 g/mol. The molecule has 0 aliphatic rings. The second-order valence-corrected chi connectivity index (χ2v) is 6.26. The number of aryl methyl sites for hydroxylation is 2. The molecule has 7 nitrogen and oxygen atoms in total. The Balaban J connectivity index is 1.91. The standard InChI is InChI=1S/C21H24N2O5/c1-14-7-15(2)9-19(8-14)28-13-21(25)23-22-11-17-5-6-20(26-4)18(10-17)12-27-16(3)24/h5-11H,12-13H2,1-4H3,(H,23,25)/b22-11-. The lowest BCUT2D eigenvalue weighted by atomic mass is 10.1. The molecule has 0 aliphatic carbocycles. The zero-order valence-electron chi connectivity index (χ0n) is 16.4. The number of hydrogen-bond donors (Lipinski definition) is 1. The van der Waals surface area contributed by atoms with E-state index in [9.17, 15) is 9.59 Å². The summed E-state index contributed by atoms with van der Waals surface area (Å²) < 4.78 is 15.7. The van der Waals surface area contributed by atoms with Gasteiger partial charge in [0.05, 0.1) is 13.3 Å². The Hall–Kier alpha value is -3.35. The van der Waals surface area contributed by atoms with E-state index in [4.69, 9.17) is 14.2 Å². The van der Waals surface area contributed by atoms with Crippen LogP contribution < -0.4 is 14.9 Å². The molecule has 0 saturated carbocycles. The van der Waals surface area contributed by atoms with Crippen LogP contribution in [0.4, 0.5) is 0 Å². The second kappa shape index (κ2) is 10.1. The number of nitrogens with zero attached hydrogens (tertiary/aromatic N) is 1. The zero-order chi connectivity index (χ0) is 20.5. The van der Waals surface area contributed by atoms with Crippen molar-refractivity contribution in [2.75, 3.05) is 13.7 Å². The fourth-order valence-electron chi connectivity index (χ4n) is 2.55. The number of carbonyl (C=O) groups is 2. The van der Waals surface area contributed by atoms with Crippen LogP contribution in [0.15, 0.2) is 41.5 Å². The highest BCUT2D eigenvalue weighted by molar-refractivity contribution is 5.83. The average Bonchev–Trinajstić information content (AvgIpc) is 2.64. The summed E-state index contributed by atoms with van der Waals surface area (Å²) in [7, 11) is 1.54. The molecule has 0 heterocycles. The smallest absolute Gasteiger partial charge is 0.302 e. The molecule has 0 aliphatic heterocycles. The SMILES string of the molecule is COc1ccc(/C=N\NC(=O)COc2cc(C)cc(C)c2)cc1COC(C)=O. The van der Waals surface area contributed by atoms with Gasteiger partial charge in [-0.2, -0.15) is 5.10 Å². The largest absolute Gasteiger partial charge is 0.496 e. The van der Waals surface area contributed by atoms with Crippen LogP contribution in [0.2, 0.25) is 0 Å². The highest BCUT2D eigenvalue weighted by Gasteiger charge is 2.06. The Kier molecular flexibility index (Phi) is 7.56. The molecular formula is C21H24N2O5. The molecule has 1 amide bonds. The van der Waals surface area contributed by atoms with Crippen molar-refractivity contribution in [1.82, 2.24) is 5.43 Å². The number of rotatable bonds is 8. The Labute approximate surface area is 164 Å². The van der Waals surface area contributed by atoms with Gasteiger partial charge in [0.25, 0.3) is 5.91 Å². The maximum absolute atomic E-state index is 11.9. The first-order valence-corrected chi connectivity index (χ1v) is 8.70. The lowest BCUT2D eigenvalue weighted by Crippen LogP contribution is -2.24. The maximum Gasteiger partial charge on any atom is 0.302 e. The van der Waals surface area contributed by atoms with Gasteiger partial charge in [0.2, 0.25) is 0 Å². The Bertz CT molecular complexity index is 857. The summed E-state index contributed by atoms with van der Waals surface area (Å²) in [5, 5.41) is 3.93. The summed E-state index contributed by atoms with van der Waals surface area (Å²) >= 11 is 0. The van der Waals surface area contributed by atoms with E-state index < -0.39 is 0 Å². The molecule has 148 valence electrons. The Morgan fingerprint density at radius 3 is 2.46 bits per heavy atom. The van der Waals surface area contributed by atoms with Crippen molar-refractivity contribution in [3.8, 4) is 11.5 Å². The van der Waals surface area contributed by atoms with Crippen molar-refractivity contribution < 1.29 is 23.8 Å². The third-order valence-electron chi connectivity index (χ3n) is 3.70. The Morgan fingerprint density at radius 2 is 1.82 bits per heavy atom. The van der Waals surface area contributed by atoms with Crippen molar-refractivity contribution in [3.05, 3.63) is 58.7 Å². The van der Waals surface area contributed by atoms with Gasteiger partial charge in [-0.1, -0.05) is 6.07 Å². The van der Waals surface area contributed by atoms with Gasteiger partial charge < -0.3 is 14.2 Å². The Morgan fingerprint density at radius 1 is 1.11 bits per heavy atom. The van der Waals surface area contributed by atoms with Crippen LogP contribution in [0.3, 0.4) is 0 Å². The van der Waals surface area contributed by atoms with E-state index >= 15 is 0 Å². The summed E-state index contributed by atoms with van der Waals surface area (Å²) in [4.78, 5) is 22.9. The number of benzene rings is 2. The minimum atomic E-state index is -0.378. The van der Waals surface area contributed by atoms with E-state index in [0.29, 0.717) is 17.1 Å². The third-order valence-corrected chi connectivity index (χ3v) is 3.70. The molecule has 0 spiro atoms. The van der Waals surface area contributed by atoms with Crippen LogP contribution in [-0.4, -0.2) is 31.8 Å². The molecule has 1 N–H and O–H groups in total. The van der Waals surface area contributed by atoms with Crippen LogP contribution >= 0.6 is 0 Å². The van der Waals surface area contributed by atoms with Gasteiger partial charge in [-0.05, 0) is 60.9 Å². The highest BCUT2D eigenvalue weighted by Crippen LogP contribution is 2.20. The summed E-state index contributed by atoms with van der Waals surface area (Å²) in [6, 6.07) is 11.0. The number of nitrogens with one attached hydrogen (secondary N) is 1. The second-order valence-electron chi connectivity index (χ2n) is 6.26. The molecule has 0 saturated heterocycles. The quantitative estimate of drug-likeness (QED) is 0.430. The first kappa shape index (κ1) is 21.0. The minimum absolute atomic E-state index is 0.0935. The molecule has 0 unspecified atom stereocenters. The lowest BCUT2D eigenvalue weighted by Gasteiger charge is -2.09. The summed E-state index contributed by atoms with van der Waals surface area (Å²) in [6.45, 7) is 5.23. The van der Waals surface area contributed by atoms with Crippen LogP contribution in [0.25, 0.3) is 0 Å².